The number of hydrogen-bond donors (Lipinski definition) is 27. The van der Waals surface area contributed by atoms with Gasteiger partial charge in [-0.2, -0.15) is 0 Å². The molecule has 8 aliphatic rings. The van der Waals surface area contributed by atoms with E-state index in [9.17, 15) is 141 Å². The zero-order valence-electron chi connectivity index (χ0n) is 57.2. The standard InChI is InChI=1S/C59H98N4O43/c1-14-31(75)39(83)42(86)54(94-14)92-12-26-47(36(80)28(51(89)95-26)61-16(3)70)101-52-29(62-17(4)71)37(81)46(24(11-68)98-52)103-56-44(88)49(35(79)22(9-66)96-56)104-57-50(41(85)33(77)21(8-65)97-57)105-53-30(63-18(5)72)38(82)45(23(10-67)99-53)102-55-43(87)40(84)34(78)25(100-55)13-93-59(58(90)91)6-19(73)27(60-15(2)69)48(106-59)32(76)20(74)7-64/h14,19-57,64-68,73-89H,6-13H2,1-5H3,(H,60,69)(H,61,70)(H,62,71)(H,63,72)(H,90,91)/t14-,19-,20+,21+,22+,23+,24+,25+,26+,27+,28+,29+,30+,31+,32+,33+,34-,35+,36+,37+,38+,39+,40-,41-,42-,43+,44-,45+,46+,47+,48+,49-,50-,51?,52-,53?,54+,55?,56?,57?,59+/m0/s1. The summed E-state index contributed by atoms with van der Waals surface area (Å²) in [4.78, 5) is 63.0. The van der Waals surface area contributed by atoms with Gasteiger partial charge in [-0.15, -0.1) is 0 Å². The lowest BCUT2D eigenvalue weighted by Crippen LogP contribution is -2.71. The number of ether oxygens (including phenoxy) is 15. The molecule has 8 heterocycles. The second kappa shape index (κ2) is 37.5. The number of aliphatic carboxylic acids is 1. The van der Waals surface area contributed by atoms with Gasteiger partial charge in [0.15, 0.2) is 44.0 Å². The molecule has 47 heteroatoms. The Morgan fingerprint density at radius 3 is 1.34 bits per heavy atom. The van der Waals surface area contributed by atoms with Crippen molar-refractivity contribution in [2.24, 2.45) is 0 Å². The fraction of sp³-hybridized carbons (Fsp3) is 0.915. The van der Waals surface area contributed by atoms with E-state index in [1.807, 2.05) is 0 Å². The summed E-state index contributed by atoms with van der Waals surface area (Å²) < 4.78 is 87.4. The van der Waals surface area contributed by atoms with Gasteiger partial charge in [0.2, 0.25) is 23.6 Å². The highest BCUT2D eigenvalue weighted by molar-refractivity contribution is 5.77. The predicted molar refractivity (Wildman–Crippen MR) is 327 cm³/mol. The Balaban J connectivity index is 1.00. The molecule has 0 spiro atoms. The molecular formula is C59H98N4O43. The van der Waals surface area contributed by atoms with E-state index in [0.717, 1.165) is 27.7 Å². The van der Waals surface area contributed by atoms with Crippen LogP contribution in [0.2, 0.25) is 0 Å². The van der Waals surface area contributed by atoms with Gasteiger partial charge in [0, 0.05) is 34.1 Å². The number of hydrogen-bond acceptors (Lipinski definition) is 42. The summed E-state index contributed by atoms with van der Waals surface area (Å²) in [5, 5.41) is 262. The van der Waals surface area contributed by atoms with Gasteiger partial charge >= 0.3 is 5.97 Å². The van der Waals surface area contributed by atoms with Crippen molar-refractivity contribution in [2.45, 2.75) is 292 Å². The van der Waals surface area contributed by atoms with Crippen LogP contribution in [0.15, 0.2) is 0 Å². The molecule has 41 atom stereocenters. The topological polar surface area (TPSA) is 737 Å². The molecule has 27 N–H and O–H groups in total. The maximum absolute atomic E-state index is 12.9. The largest absolute Gasteiger partial charge is 0.477 e. The van der Waals surface area contributed by atoms with Crippen molar-refractivity contribution in [3.05, 3.63) is 0 Å². The minimum atomic E-state index is -3.04. The molecule has 5 unspecified atom stereocenters. The molecule has 0 bridgehead atoms. The van der Waals surface area contributed by atoms with Gasteiger partial charge in [-0.1, -0.05) is 0 Å². The lowest BCUT2D eigenvalue weighted by molar-refractivity contribution is -0.396. The van der Waals surface area contributed by atoms with Gasteiger partial charge in [-0.3, -0.25) is 19.2 Å². The minimum absolute atomic E-state index is 0.783. The van der Waals surface area contributed by atoms with Crippen LogP contribution in [0.5, 0.6) is 0 Å². The first kappa shape index (κ1) is 87.4. The number of carbonyl (C=O) groups is 5. The highest BCUT2D eigenvalue weighted by atomic mass is 16.8. The van der Waals surface area contributed by atoms with E-state index >= 15 is 0 Å². The third kappa shape index (κ3) is 19.3. The fourth-order valence-corrected chi connectivity index (χ4v) is 13.5. The third-order valence-electron chi connectivity index (χ3n) is 19.2. The summed E-state index contributed by atoms with van der Waals surface area (Å²) in [7, 11) is 0. The number of nitrogens with one attached hydrogen (secondary N) is 4. The van der Waals surface area contributed by atoms with Crippen molar-refractivity contribution in [3.8, 4) is 0 Å². The quantitative estimate of drug-likeness (QED) is 0.0346. The summed E-state index contributed by atoms with van der Waals surface area (Å²) in [6, 6.07) is -7.18. The normalized spacial score (nSPS) is 47.2. The van der Waals surface area contributed by atoms with Crippen LogP contribution < -0.4 is 21.3 Å². The molecule has 8 aliphatic heterocycles. The zero-order chi connectivity index (χ0) is 78.6. The van der Waals surface area contributed by atoms with E-state index in [2.05, 4.69) is 21.3 Å². The molecular weight excluding hydrogens is 1450 g/mol. The molecule has 0 aromatic rings. The van der Waals surface area contributed by atoms with E-state index in [-0.39, 0.29) is 0 Å². The Kier molecular flexibility index (Phi) is 30.9. The molecule has 0 radical (unpaired) electrons. The Bertz CT molecular complexity index is 2860. The summed E-state index contributed by atoms with van der Waals surface area (Å²) in [6.45, 7) is -2.47. The van der Waals surface area contributed by atoms with Crippen molar-refractivity contribution >= 4 is 29.6 Å². The molecule has 106 heavy (non-hydrogen) atoms. The molecule has 0 aliphatic carbocycles. The molecule has 47 nitrogen and oxygen atoms in total. The van der Waals surface area contributed by atoms with E-state index in [0.29, 0.717) is 0 Å². The zero-order valence-corrected chi connectivity index (χ0v) is 57.2. The average molecular weight is 1550 g/mol. The van der Waals surface area contributed by atoms with Crippen molar-refractivity contribution < 1.29 is 212 Å². The number of amides is 4. The fourth-order valence-electron chi connectivity index (χ4n) is 13.5. The Labute approximate surface area is 600 Å². The highest BCUT2D eigenvalue weighted by Crippen LogP contribution is 2.40. The number of carbonyl (C=O) groups excluding carboxylic acids is 4. The first-order valence-corrected chi connectivity index (χ1v) is 33.6. The molecule has 8 saturated heterocycles. The van der Waals surface area contributed by atoms with E-state index in [1.165, 1.54) is 6.92 Å². The summed E-state index contributed by atoms with van der Waals surface area (Å²) in [5.74, 6) is -8.56. The van der Waals surface area contributed by atoms with Crippen LogP contribution in [0.3, 0.4) is 0 Å². The maximum atomic E-state index is 12.9. The third-order valence-corrected chi connectivity index (χ3v) is 19.2. The van der Waals surface area contributed by atoms with Gasteiger partial charge in [0.05, 0.1) is 64.5 Å². The van der Waals surface area contributed by atoms with Crippen LogP contribution >= 0.6 is 0 Å². The van der Waals surface area contributed by atoms with E-state index in [1.54, 1.807) is 0 Å². The summed E-state index contributed by atoms with van der Waals surface area (Å²) in [6.07, 6.45) is -74.3. The summed E-state index contributed by atoms with van der Waals surface area (Å²) >= 11 is 0. The number of aliphatic hydroxyl groups is 22. The maximum Gasteiger partial charge on any atom is 0.364 e. The van der Waals surface area contributed by atoms with Crippen molar-refractivity contribution in [3.63, 3.8) is 0 Å². The lowest BCUT2D eigenvalue weighted by Gasteiger charge is -2.51. The van der Waals surface area contributed by atoms with Crippen LogP contribution in [0.1, 0.15) is 41.0 Å². The number of rotatable bonds is 28. The number of aliphatic hydroxyl groups excluding tert-OH is 22. The highest BCUT2D eigenvalue weighted by Gasteiger charge is 2.61. The van der Waals surface area contributed by atoms with Crippen LogP contribution in [-0.4, -0.2) is 444 Å². The van der Waals surface area contributed by atoms with E-state index < -0.39 is 333 Å². The van der Waals surface area contributed by atoms with Gasteiger partial charge in [-0.25, -0.2) is 4.79 Å². The molecule has 4 amide bonds. The molecule has 0 saturated carbocycles. The predicted octanol–water partition coefficient (Wildman–Crippen LogP) is -17.6. The number of carboxylic acids is 1. The van der Waals surface area contributed by atoms with Gasteiger partial charge in [-0.05, 0) is 6.92 Å². The Morgan fingerprint density at radius 2 is 0.821 bits per heavy atom. The van der Waals surface area contributed by atoms with Crippen molar-refractivity contribution in [1.82, 2.24) is 21.3 Å². The van der Waals surface area contributed by atoms with Crippen molar-refractivity contribution in [1.29, 1.82) is 0 Å². The van der Waals surface area contributed by atoms with Crippen LogP contribution in [-0.2, 0) is 95.0 Å². The smallest absolute Gasteiger partial charge is 0.364 e. The first-order valence-electron chi connectivity index (χ1n) is 33.6. The number of carboxylic acid groups (broad SMARTS) is 1. The van der Waals surface area contributed by atoms with Crippen LogP contribution in [0.4, 0.5) is 0 Å². The van der Waals surface area contributed by atoms with Crippen molar-refractivity contribution in [2.75, 3.05) is 46.2 Å². The monoisotopic (exact) mass is 1550 g/mol. The minimum Gasteiger partial charge on any atom is -0.477 e. The van der Waals surface area contributed by atoms with Gasteiger partial charge < -0.3 is 210 Å². The Hall–Kier alpha value is -4.13. The Morgan fingerprint density at radius 1 is 0.406 bits per heavy atom. The second-order valence-corrected chi connectivity index (χ2v) is 26.8. The molecule has 0 aromatic carbocycles. The van der Waals surface area contributed by atoms with Crippen LogP contribution in [0.25, 0.3) is 0 Å². The summed E-state index contributed by atoms with van der Waals surface area (Å²) in [5.41, 5.74) is 0. The molecule has 0 aromatic heterocycles. The second-order valence-electron chi connectivity index (χ2n) is 26.8. The molecule has 8 fully saturated rings. The average Bonchev–Trinajstić information content (AvgIpc) is 0.767. The van der Waals surface area contributed by atoms with Crippen LogP contribution in [0, 0.1) is 0 Å². The first-order chi connectivity index (χ1) is 49.9. The SMILES string of the molecule is CC(=O)N[C@H]1[C@H](O[C@H]2[C@H](O)[C@@H](NC(C)=O)C(O)O[C@@H]2CO[C@@H]2O[C@@H](C)[C@@H](O)[C@@H](O)[C@@H]2O)O[C@H](CO)[C@@H](OC2O[C@H](CO)[C@@H](O)[C@H](OC3O[C@H](CO)[C@@H](O)[C@H](O)[C@@H]3OC3O[C@H](CO)[C@@H](OC4O[C@H](CO[C@]5(C(=O)O)C[C@H](O)[C@@H](NC(C)=O)[C@H]([C@H](O)[C@H](O)CO)O5)[C@H](O)[C@H](O)[C@H]4O)[C@H](O)[C@H]3NC(C)=O)[C@@H]2O)[C@@H]1O. The lowest BCUT2D eigenvalue weighted by atomic mass is 9.88. The molecule has 8 rings (SSSR count). The molecule has 612 valence electrons. The van der Waals surface area contributed by atoms with Gasteiger partial charge in [0.1, 0.15) is 183 Å². The van der Waals surface area contributed by atoms with Gasteiger partial charge in [0.25, 0.3) is 5.79 Å². The van der Waals surface area contributed by atoms with E-state index in [4.69, 9.17) is 71.1 Å².